The number of aromatic nitrogens is 4. The van der Waals surface area contributed by atoms with E-state index in [1.807, 2.05) is 4.68 Å². The highest BCUT2D eigenvalue weighted by atomic mass is 15.3. The Labute approximate surface area is 100 Å². The molecule has 0 aliphatic heterocycles. The lowest BCUT2D eigenvalue weighted by Crippen LogP contribution is -2.18. The fourth-order valence-electron chi connectivity index (χ4n) is 2.63. The van der Waals surface area contributed by atoms with Crippen molar-refractivity contribution < 1.29 is 0 Å². The van der Waals surface area contributed by atoms with Crippen molar-refractivity contribution in [2.75, 3.05) is 5.73 Å². The van der Waals surface area contributed by atoms with Gasteiger partial charge in [0.15, 0.2) is 5.65 Å². The van der Waals surface area contributed by atoms with Crippen LogP contribution >= 0.6 is 0 Å². The van der Waals surface area contributed by atoms with Gasteiger partial charge >= 0.3 is 0 Å². The average Bonchev–Trinajstić information content (AvgIpc) is 2.75. The molecule has 2 N–H and O–H groups in total. The molecule has 1 saturated carbocycles. The van der Waals surface area contributed by atoms with Gasteiger partial charge in [0.1, 0.15) is 12.1 Å². The number of rotatable bonds is 1. The Kier molecular flexibility index (Phi) is 2.46. The Morgan fingerprint density at radius 2 is 2.00 bits per heavy atom. The van der Waals surface area contributed by atoms with Crippen LogP contribution in [0.25, 0.3) is 11.0 Å². The number of nitrogen functional groups attached to an aromatic ring is 1. The van der Waals surface area contributed by atoms with Crippen molar-refractivity contribution in [3.63, 3.8) is 0 Å². The zero-order chi connectivity index (χ0) is 11.8. The van der Waals surface area contributed by atoms with Crippen LogP contribution < -0.4 is 5.73 Å². The van der Waals surface area contributed by atoms with E-state index in [4.69, 9.17) is 5.73 Å². The summed E-state index contributed by atoms with van der Waals surface area (Å²) in [6.07, 6.45) is 8.20. The summed E-state index contributed by atoms with van der Waals surface area (Å²) < 4.78 is 2.03. The molecule has 5 nitrogen and oxygen atoms in total. The van der Waals surface area contributed by atoms with E-state index in [0.29, 0.717) is 11.9 Å². The third kappa shape index (κ3) is 1.75. The van der Waals surface area contributed by atoms with Gasteiger partial charge in [0.2, 0.25) is 0 Å². The number of fused-ring (bicyclic) bond motifs is 1. The maximum atomic E-state index is 5.82. The first-order valence-electron chi connectivity index (χ1n) is 6.19. The van der Waals surface area contributed by atoms with E-state index in [0.717, 1.165) is 17.0 Å². The maximum Gasteiger partial charge on any atom is 0.163 e. The molecule has 0 saturated heterocycles. The second kappa shape index (κ2) is 3.98. The first kappa shape index (κ1) is 10.5. The Balaban J connectivity index is 1.98. The van der Waals surface area contributed by atoms with Crippen molar-refractivity contribution in [2.24, 2.45) is 5.92 Å². The lowest BCUT2D eigenvalue weighted by atomic mass is 9.87. The van der Waals surface area contributed by atoms with Gasteiger partial charge in [-0.1, -0.05) is 6.92 Å². The van der Waals surface area contributed by atoms with Gasteiger partial charge in [-0.15, -0.1) is 0 Å². The van der Waals surface area contributed by atoms with Gasteiger partial charge in [0.25, 0.3) is 0 Å². The Bertz CT molecular complexity index is 525. The molecule has 0 amide bonds. The topological polar surface area (TPSA) is 69.6 Å². The van der Waals surface area contributed by atoms with Gasteiger partial charge in [0.05, 0.1) is 17.6 Å². The molecule has 3 rings (SSSR count). The van der Waals surface area contributed by atoms with Gasteiger partial charge in [0, 0.05) is 0 Å². The van der Waals surface area contributed by atoms with Crippen molar-refractivity contribution >= 4 is 16.9 Å². The third-order valence-corrected chi connectivity index (χ3v) is 3.75. The van der Waals surface area contributed by atoms with Crippen LogP contribution in [0.2, 0.25) is 0 Å². The van der Waals surface area contributed by atoms with Crippen molar-refractivity contribution in [1.29, 1.82) is 0 Å². The molecule has 0 spiro atoms. The molecule has 1 aliphatic rings. The molecule has 1 fully saturated rings. The molecule has 0 atom stereocenters. The van der Waals surface area contributed by atoms with E-state index in [2.05, 4.69) is 22.0 Å². The third-order valence-electron chi connectivity index (χ3n) is 3.75. The second-order valence-corrected chi connectivity index (χ2v) is 5.00. The number of hydrogen-bond donors (Lipinski definition) is 1. The van der Waals surface area contributed by atoms with E-state index < -0.39 is 0 Å². The van der Waals surface area contributed by atoms with Crippen molar-refractivity contribution in [3.05, 3.63) is 12.5 Å². The minimum Gasteiger partial charge on any atom is -0.383 e. The molecule has 0 unspecified atom stereocenters. The summed E-state index contributed by atoms with van der Waals surface area (Å²) in [6.45, 7) is 2.32. The number of nitrogens with zero attached hydrogens (tertiary/aromatic N) is 4. The Morgan fingerprint density at radius 3 is 2.76 bits per heavy atom. The molecule has 2 aromatic heterocycles. The van der Waals surface area contributed by atoms with E-state index in [-0.39, 0.29) is 0 Å². The van der Waals surface area contributed by atoms with Crippen LogP contribution in [0.5, 0.6) is 0 Å². The quantitative estimate of drug-likeness (QED) is 0.816. The summed E-state index contributed by atoms with van der Waals surface area (Å²) in [5.41, 5.74) is 6.69. The molecule has 2 aromatic rings. The Hall–Kier alpha value is -1.65. The molecular formula is C12H17N5. The average molecular weight is 231 g/mol. The summed E-state index contributed by atoms with van der Waals surface area (Å²) in [7, 11) is 0. The van der Waals surface area contributed by atoms with Crippen molar-refractivity contribution in [1.82, 2.24) is 19.7 Å². The summed E-state index contributed by atoms with van der Waals surface area (Å²) in [6, 6.07) is 0.470. The highest BCUT2D eigenvalue weighted by Crippen LogP contribution is 2.33. The second-order valence-electron chi connectivity index (χ2n) is 5.00. The first-order chi connectivity index (χ1) is 8.25. The molecule has 90 valence electrons. The van der Waals surface area contributed by atoms with E-state index in [9.17, 15) is 0 Å². The lowest BCUT2D eigenvalue weighted by Gasteiger charge is -2.26. The van der Waals surface area contributed by atoms with Crippen LogP contribution in [0.3, 0.4) is 0 Å². The summed E-state index contributed by atoms with van der Waals surface area (Å²) in [5.74, 6) is 1.36. The SMILES string of the molecule is CC1CCC(n2ncc3c(N)ncnc32)CC1. The fraction of sp³-hybridized carbons (Fsp3) is 0.583. The molecular weight excluding hydrogens is 214 g/mol. The molecule has 0 bridgehead atoms. The highest BCUT2D eigenvalue weighted by Gasteiger charge is 2.22. The largest absolute Gasteiger partial charge is 0.383 e. The Morgan fingerprint density at radius 1 is 1.24 bits per heavy atom. The van der Waals surface area contributed by atoms with Gasteiger partial charge in [-0.25, -0.2) is 14.6 Å². The first-order valence-corrected chi connectivity index (χ1v) is 6.19. The van der Waals surface area contributed by atoms with Crippen LogP contribution in [-0.4, -0.2) is 19.7 Å². The summed E-state index contributed by atoms with van der Waals surface area (Å²) >= 11 is 0. The van der Waals surface area contributed by atoms with Gasteiger partial charge in [-0.2, -0.15) is 5.10 Å². The molecule has 1 aliphatic carbocycles. The van der Waals surface area contributed by atoms with Crippen LogP contribution in [0, 0.1) is 5.92 Å². The number of nitrogens with two attached hydrogens (primary N) is 1. The monoisotopic (exact) mass is 231 g/mol. The predicted octanol–water partition coefficient (Wildman–Crippen LogP) is 2.16. The molecule has 2 heterocycles. The number of anilines is 1. The zero-order valence-electron chi connectivity index (χ0n) is 10.0. The predicted molar refractivity (Wildman–Crippen MR) is 66.4 cm³/mol. The van der Waals surface area contributed by atoms with Crippen LogP contribution in [-0.2, 0) is 0 Å². The maximum absolute atomic E-state index is 5.82. The minimum atomic E-state index is 0.470. The number of hydrogen-bond acceptors (Lipinski definition) is 4. The normalized spacial score (nSPS) is 25.2. The smallest absolute Gasteiger partial charge is 0.163 e. The van der Waals surface area contributed by atoms with E-state index >= 15 is 0 Å². The summed E-state index contributed by atoms with van der Waals surface area (Å²) in [4.78, 5) is 8.30. The zero-order valence-corrected chi connectivity index (χ0v) is 10.0. The van der Waals surface area contributed by atoms with Crippen LogP contribution in [0.1, 0.15) is 38.6 Å². The molecule has 0 aromatic carbocycles. The van der Waals surface area contributed by atoms with E-state index in [1.54, 1.807) is 6.20 Å². The molecule has 5 heteroatoms. The molecule has 0 radical (unpaired) electrons. The fourth-order valence-corrected chi connectivity index (χ4v) is 2.63. The van der Waals surface area contributed by atoms with Gasteiger partial charge in [-0.05, 0) is 31.6 Å². The van der Waals surface area contributed by atoms with Crippen LogP contribution in [0.4, 0.5) is 5.82 Å². The van der Waals surface area contributed by atoms with Crippen molar-refractivity contribution in [3.8, 4) is 0 Å². The van der Waals surface area contributed by atoms with Crippen molar-refractivity contribution in [2.45, 2.75) is 38.6 Å². The lowest BCUT2D eigenvalue weighted by molar-refractivity contribution is 0.278. The van der Waals surface area contributed by atoms with E-state index in [1.165, 1.54) is 32.0 Å². The molecule has 17 heavy (non-hydrogen) atoms. The van der Waals surface area contributed by atoms with Crippen LogP contribution in [0.15, 0.2) is 12.5 Å². The highest BCUT2D eigenvalue weighted by molar-refractivity contribution is 5.84. The summed E-state index contributed by atoms with van der Waals surface area (Å²) in [5, 5.41) is 5.31. The minimum absolute atomic E-state index is 0.470. The van der Waals surface area contributed by atoms with Gasteiger partial charge in [-0.3, -0.25) is 0 Å². The standard InChI is InChI=1S/C12H17N5/c1-8-2-4-9(5-3-8)17-12-10(6-16-17)11(13)14-7-15-12/h6-9H,2-5H2,1H3,(H2,13,14,15). The van der Waals surface area contributed by atoms with Gasteiger partial charge < -0.3 is 5.73 Å².